The summed E-state index contributed by atoms with van der Waals surface area (Å²) in [6.45, 7) is 3.59. The van der Waals surface area contributed by atoms with Crippen LogP contribution in [0.25, 0.3) is 0 Å². The Balaban J connectivity index is 0.000000631. The fourth-order valence-corrected chi connectivity index (χ4v) is 5.40. The van der Waals surface area contributed by atoms with Crippen LogP contribution >= 0.6 is 0 Å². The average molecular weight is 569 g/mol. The van der Waals surface area contributed by atoms with Crippen LogP contribution in [0.15, 0.2) is 47.4 Å². The fourth-order valence-electron chi connectivity index (χ4n) is 3.96. The minimum atomic E-state index is -3.63. The Morgan fingerprint density at radius 1 is 0.974 bits per heavy atom. The monoisotopic (exact) mass is 568 g/mol. The standard InChI is InChI=1S/C23H30N2O7S.C2H2O4/c1-29-21-5-3-2-4-18(21)16-30-17-19(26)15-24-8-10-25(11-9-24)33(27,28)20-6-7-22-23(14-20)32-13-12-31-22;3-1(4)2(5)6/h2-7,14,19,26H,8-13,15-17H2,1H3;(H,3,4)(H,5,6). The maximum absolute atomic E-state index is 13.1. The van der Waals surface area contributed by atoms with Gasteiger partial charge in [-0.3, -0.25) is 4.90 Å². The van der Waals surface area contributed by atoms with Gasteiger partial charge < -0.3 is 34.3 Å². The predicted octanol–water partition coefficient (Wildman–Crippen LogP) is 0.506. The molecule has 0 amide bonds. The van der Waals surface area contributed by atoms with Crippen LogP contribution in [0.1, 0.15) is 5.56 Å². The van der Waals surface area contributed by atoms with E-state index >= 15 is 0 Å². The smallest absolute Gasteiger partial charge is 0.414 e. The van der Waals surface area contributed by atoms with E-state index in [4.69, 9.17) is 38.7 Å². The maximum Gasteiger partial charge on any atom is 0.414 e. The highest BCUT2D eigenvalue weighted by molar-refractivity contribution is 7.89. The summed E-state index contributed by atoms with van der Waals surface area (Å²) in [4.78, 5) is 20.4. The maximum atomic E-state index is 13.1. The number of aliphatic hydroxyl groups is 1. The van der Waals surface area contributed by atoms with Crippen molar-refractivity contribution in [3.05, 3.63) is 48.0 Å². The Labute approximate surface area is 226 Å². The lowest BCUT2D eigenvalue weighted by atomic mass is 10.2. The number of para-hydroxylation sites is 1. The summed E-state index contributed by atoms with van der Waals surface area (Å²) in [7, 11) is -2.01. The van der Waals surface area contributed by atoms with Gasteiger partial charge in [0.2, 0.25) is 10.0 Å². The van der Waals surface area contributed by atoms with Gasteiger partial charge in [-0.1, -0.05) is 18.2 Å². The third kappa shape index (κ3) is 8.53. The molecule has 39 heavy (non-hydrogen) atoms. The molecule has 2 aromatic rings. The molecule has 0 aromatic heterocycles. The number of piperazine rings is 1. The molecule has 1 fully saturated rings. The van der Waals surface area contributed by atoms with E-state index < -0.39 is 28.1 Å². The second-order valence-electron chi connectivity index (χ2n) is 8.60. The molecule has 214 valence electrons. The topological polar surface area (TPSA) is 172 Å². The van der Waals surface area contributed by atoms with Crippen LogP contribution in [0.3, 0.4) is 0 Å². The normalized spacial score (nSPS) is 16.5. The van der Waals surface area contributed by atoms with Crippen LogP contribution in [-0.2, 0) is 31.0 Å². The summed E-state index contributed by atoms with van der Waals surface area (Å²) in [5.41, 5.74) is 0.921. The molecule has 2 aliphatic heterocycles. The number of aliphatic hydroxyl groups excluding tert-OH is 1. The number of ether oxygens (including phenoxy) is 4. The number of nitrogens with zero attached hydrogens (tertiary/aromatic N) is 2. The third-order valence-electron chi connectivity index (χ3n) is 5.89. The summed E-state index contributed by atoms with van der Waals surface area (Å²) < 4.78 is 49.5. The van der Waals surface area contributed by atoms with Crippen molar-refractivity contribution in [2.75, 3.05) is 59.7 Å². The molecule has 1 unspecified atom stereocenters. The van der Waals surface area contributed by atoms with E-state index in [0.717, 1.165) is 11.3 Å². The van der Waals surface area contributed by atoms with Crippen molar-refractivity contribution in [3.63, 3.8) is 0 Å². The molecular formula is C25H32N2O11S. The largest absolute Gasteiger partial charge is 0.496 e. The van der Waals surface area contributed by atoms with E-state index in [2.05, 4.69) is 0 Å². The molecule has 0 spiro atoms. The van der Waals surface area contributed by atoms with E-state index in [9.17, 15) is 13.5 Å². The van der Waals surface area contributed by atoms with Crippen molar-refractivity contribution in [1.82, 2.24) is 9.21 Å². The quantitative estimate of drug-likeness (QED) is 0.358. The highest BCUT2D eigenvalue weighted by atomic mass is 32.2. The number of carbonyl (C=O) groups is 2. The van der Waals surface area contributed by atoms with Gasteiger partial charge >= 0.3 is 11.9 Å². The number of β-amino-alcohol motifs (C(OH)–C–C–N with tert-alkyl or cyclic N) is 1. The number of aliphatic carboxylic acids is 2. The van der Waals surface area contributed by atoms with Crippen LogP contribution in [0.4, 0.5) is 0 Å². The summed E-state index contributed by atoms with van der Waals surface area (Å²) in [6, 6.07) is 12.3. The molecule has 1 saturated heterocycles. The van der Waals surface area contributed by atoms with Crippen LogP contribution in [0, 0.1) is 0 Å². The molecule has 3 N–H and O–H groups in total. The molecule has 2 aliphatic rings. The Morgan fingerprint density at radius 3 is 2.26 bits per heavy atom. The van der Waals surface area contributed by atoms with Gasteiger partial charge in [0, 0.05) is 44.4 Å². The molecule has 0 bridgehead atoms. The minimum absolute atomic E-state index is 0.188. The number of carboxylic acids is 2. The molecule has 2 heterocycles. The fraction of sp³-hybridized carbons (Fsp3) is 0.440. The zero-order valence-corrected chi connectivity index (χ0v) is 22.2. The van der Waals surface area contributed by atoms with Gasteiger partial charge in [-0.05, 0) is 18.2 Å². The van der Waals surface area contributed by atoms with E-state index in [-0.39, 0.29) is 11.5 Å². The van der Waals surface area contributed by atoms with Crippen molar-refractivity contribution in [2.24, 2.45) is 0 Å². The molecule has 2 aromatic carbocycles. The van der Waals surface area contributed by atoms with Crippen molar-refractivity contribution in [2.45, 2.75) is 17.6 Å². The Morgan fingerprint density at radius 2 is 1.62 bits per heavy atom. The van der Waals surface area contributed by atoms with Gasteiger partial charge in [-0.2, -0.15) is 4.31 Å². The van der Waals surface area contributed by atoms with E-state index in [1.165, 1.54) is 10.4 Å². The summed E-state index contributed by atoms with van der Waals surface area (Å²) in [6.07, 6.45) is -0.666. The van der Waals surface area contributed by atoms with Crippen molar-refractivity contribution in [1.29, 1.82) is 0 Å². The average Bonchev–Trinajstić information content (AvgIpc) is 2.93. The number of benzene rings is 2. The first kappa shape index (κ1) is 30.1. The van der Waals surface area contributed by atoms with Gasteiger partial charge in [0.05, 0.1) is 31.3 Å². The lowest BCUT2D eigenvalue weighted by Gasteiger charge is -2.35. The molecular weight excluding hydrogens is 536 g/mol. The molecule has 4 rings (SSSR count). The van der Waals surface area contributed by atoms with Crippen molar-refractivity contribution >= 4 is 22.0 Å². The molecule has 13 nitrogen and oxygen atoms in total. The summed E-state index contributed by atoms with van der Waals surface area (Å²) >= 11 is 0. The van der Waals surface area contributed by atoms with Gasteiger partial charge in [-0.15, -0.1) is 0 Å². The van der Waals surface area contributed by atoms with Crippen LogP contribution < -0.4 is 14.2 Å². The number of sulfonamides is 1. The Hall–Kier alpha value is -3.43. The molecule has 14 heteroatoms. The predicted molar refractivity (Wildman–Crippen MR) is 137 cm³/mol. The van der Waals surface area contributed by atoms with Gasteiger partial charge in [-0.25, -0.2) is 18.0 Å². The molecule has 1 atom stereocenters. The first-order valence-electron chi connectivity index (χ1n) is 12.1. The van der Waals surface area contributed by atoms with E-state index in [0.29, 0.717) is 64.0 Å². The van der Waals surface area contributed by atoms with Crippen LogP contribution in [-0.4, -0.2) is 111 Å². The van der Waals surface area contributed by atoms with Gasteiger partial charge in [0.25, 0.3) is 0 Å². The van der Waals surface area contributed by atoms with Crippen molar-refractivity contribution < 1.29 is 52.3 Å². The lowest BCUT2D eigenvalue weighted by Crippen LogP contribution is -2.50. The number of hydrogen-bond donors (Lipinski definition) is 3. The van der Waals surface area contributed by atoms with Gasteiger partial charge in [0.15, 0.2) is 11.5 Å². The number of hydrogen-bond acceptors (Lipinski definition) is 10. The first-order valence-corrected chi connectivity index (χ1v) is 13.5. The van der Waals surface area contributed by atoms with E-state index in [1.54, 1.807) is 19.2 Å². The zero-order valence-electron chi connectivity index (χ0n) is 21.4. The van der Waals surface area contributed by atoms with E-state index in [1.807, 2.05) is 29.2 Å². The Kier molecular flexibility index (Phi) is 10.9. The first-order chi connectivity index (χ1) is 18.6. The molecule has 0 saturated carbocycles. The van der Waals surface area contributed by atoms with Crippen molar-refractivity contribution in [3.8, 4) is 17.2 Å². The highest BCUT2D eigenvalue weighted by Crippen LogP contribution is 2.33. The minimum Gasteiger partial charge on any atom is -0.496 e. The number of carboxylic acid groups (broad SMARTS) is 2. The summed E-state index contributed by atoms with van der Waals surface area (Å²) in [5, 5.41) is 25.1. The zero-order chi connectivity index (χ0) is 28.4. The van der Waals surface area contributed by atoms with Crippen LogP contribution in [0.2, 0.25) is 0 Å². The molecule has 0 aliphatic carbocycles. The molecule has 0 radical (unpaired) electrons. The Bertz CT molecular complexity index is 1220. The number of rotatable bonds is 9. The lowest BCUT2D eigenvalue weighted by molar-refractivity contribution is -0.159. The SMILES string of the molecule is COc1ccccc1COCC(O)CN1CCN(S(=O)(=O)c2ccc3c(c2)OCCO3)CC1.O=C(O)C(=O)O. The third-order valence-corrected chi connectivity index (χ3v) is 7.79. The van der Waals surface area contributed by atoms with Gasteiger partial charge in [0.1, 0.15) is 19.0 Å². The highest BCUT2D eigenvalue weighted by Gasteiger charge is 2.30. The second kappa shape index (κ2) is 14.1. The number of methoxy groups -OCH3 is 1. The second-order valence-corrected chi connectivity index (χ2v) is 10.5. The number of fused-ring (bicyclic) bond motifs is 1. The summed E-state index contributed by atoms with van der Waals surface area (Å²) in [5.74, 6) is -1.88. The van der Waals surface area contributed by atoms with Crippen LogP contribution in [0.5, 0.6) is 17.2 Å².